The smallest absolute Gasteiger partial charge is 0.162 e. The lowest BCUT2D eigenvalue weighted by Gasteiger charge is -2.16. The van der Waals surface area contributed by atoms with E-state index in [1.54, 1.807) is 20.4 Å². The predicted octanol–water partition coefficient (Wildman–Crippen LogP) is 1.92. The number of fused-ring (bicyclic) bond motifs is 1. The molecule has 6 heteroatoms. The standard InChI is InChI=1S/C13H16N2O2.ClH.H2O/c1-15(2)11-5-6-14-10-8-13(17-4)12(16-3)7-9(10)11;;/h5-8H,1-4H3;1H;1H2. The normalized spacial score (nSPS) is 9.26. The molecule has 0 aliphatic heterocycles. The highest BCUT2D eigenvalue weighted by molar-refractivity contribution is 5.93. The third-order valence-corrected chi connectivity index (χ3v) is 2.71. The molecule has 0 unspecified atom stereocenters. The van der Waals surface area contributed by atoms with Crippen molar-refractivity contribution in [3.8, 4) is 11.5 Å². The molecule has 2 N–H and O–H groups in total. The van der Waals surface area contributed by atoms with Gasteiger partial charge in [-0.05, 0) is 12.1 Å². The van der Waals surface area contributed by atoms with Crippen molar-refractivity contribution in [2.45, 2.75) is 0 Å². The van der Waals surface area contributed by atoms with Crippen molar-refractivity contribution in [3.05, 3.63) is 24.4 Å². The average Bonchev–Trinajstić information content (AvgIpc) is 2.35. The summed E-state index contributed by atoms with van der Waals surface area (Å²) >= 11 is 0. The van der Waals surface area contributed by atoms with Crippen molar-refractivity contribution < 1.29 is 14.9 Å². The number of aromatic nitrogens is 1. The Kier molecular flexibility index (Phi) is 6.38. The summed E-state index contributed by atoms with van der Waals surface area (Å²) in [6.45, 7) is 0. The van der Waals surface area contributed by atoms with Crippen LogP contribution in [0.1, 0.15) is 0 Å². The molecule has 1 heterocycles. The van der Waals surface area contributed by atoms with Gasteiger partial charge in [0.25, 0.3) is 0 Å². The van der Waals surface area contributed by atoms with Gasteiger partial charge in [0.05, 0.1) is 19.7 Å². The Labute approximate surface area is 118 Å². The minimum absolute atomic E-state index is 0. The number of nitrogens with zero attached hydrogens (tertiary/aromatic N) is 2. The monoisotopic (exact) mass is 286 g/mol. The van der Waals surface area contributed by atoms with Crippen LogP contribution in [0.15, 0.2) is 24.4 Å². The molecule has 1 aromatic heterocycles. The maximum absolute atomic E-state index is 5.31. The van der Waals surface area contributed by atoms with Crippen LogP contribution < -0.4 is 14.4 Å². The lowest BCUT2D eigenvalue weighted by atomic mass is 10.1. The molecule has 1 aromatic carbocycles. The average molecular weight is 287 g/mol. The fourth-order valence-electron chi connectivity index (χ4n) is 1.85. The number of pyridine rings is 1. The number of benzene rings is 1. The zero-order chi connectivity index (χ0) is 12.4. The Morgan fingerprint density at radius 1 is 1.05 bits per heavy atom. The molecule has 5 nitrogen and oxygen atoms in total. The maximum atomic E-state index is 5.31. The number of ether oxygens (including phenoxy) is 2. The van der Waals surface area contributed by atoms with Crippen LogP contribution in [0.2, 0.25) is 0 Å². The van der Waals surface area contributed by atoms with Gasteiger partial charge >= 0.3 is 0 Å². The SMILES string of the molecule is COc1cc2nccc(N(C)C)c2cc1OC.Cl.O. The Morgan fingerprint density at radius 2 is 1.63 bits per heavy atom. The fraction of sp³-hybridized carbons (Fsp3) is 0.308. The van der Waals surface area contributed by atoms with Gasteiger partial charge in [0.15, 0.2) is 11.5 Å². The molecule has 0 bridgehead atoms. The first-order valence-corrected chi connectivity index (χ1v) is 5.35. The molecular weight excluding hydrogens is 268 g/mol. The second-order valence-electron chi connectivity index (χ2n) is 3.95. The molecule has 0 fully saturated rings. The van der Waals surface area contributed by atoms with Crippen molar-refractivity contribution in [2.24, 2.45) is 0 Å². The number of hydrogen-bond donors (Lipinski definition) is 0. The van der Waals surface area contributed by atoms with Crippen LogP contribution in [0.25, 0.3) is 10.9 Å². The van der Waals surface area contributed by atoms with E-state index in [0.29, 0.717) is 5.75 Å². The Bertz CT molecular complexity index is 547. The highest BCUT2D eigenvalue weighted by Gasteiger charge is 2.10. The molecule has 2 aromatic rings. The summed E-state index contributed by atoms with van der Waals surface area (Å²) in [5, 5.41) is 1.05. The van der Waals surface area contributed by atoms with Gasteiger partial charge in [-0.3, -0.25) is 4.98 Å². The lowest BCUT2D eigenvalue weighted by Crippen LogP contribution is -2.09. The molecule has 0 radical (unpaired) electrons. The van der Waals surface area contributed by atoms with Gasteiger partial charge in [-0.2, -0.15) is 0 Å². The van der Waals surface area contributed by atoms with Gasteiger partial charge in [0.2, 0.25) is 0 Å². The topological polar surface area (TPSA) is 66.1 Å². The summed E-state index contributed by atoms with van der Waals surface area (Å²) in [5.41, 5.74) is 2.00. The van der Waals surface area contributed by atoms with E-state index in [9.17, 15) is 0 Å². The van der Waals surface area contributed by atoms with Gasteiger partial charge in [-0.15, -0.1) is 12.4 Å². The lowest BCUT2D eigenvalue weighted by molar-refractivity contribution is 0.356. The molecular formula is C13H19ClN2O3. The van der Waals surface area contributed by atoms with E-state index in [2.05, 4.69) is 9.88 Å². The minimum atomic E-state index is 0. The van der Waals surface area contributed by atoms with Crippen molar-refractivity contribution in [1.29, 1.82) is 0 Å². The number of hydrogen-bond acceptors (Lipinski definition) is 4. The number of anilines is 1. The van der Waals surface area contributed by atoms with Crippen LogP contribution in [-0.2, 0) is 0 Å². The quantitative estimate of drug-likeness (QED) is 0.864. The van der Waals surface area contributed by atoms with Crippen LogP contribution in [0.3, 0.4) is 0 Å². The molecule has 0 saturated heterocycles. The van der Waals surface area contributed by atoms with Gasteiger partial charge in [-0.1, -0.05) is 0 Å². The number of halogens is 1. The van der Waals surface area contributed by atoms with E-state index in [0.717, 1.165) is 22.3 Å². The second-order valence-corrected chi connectivity index (χ2v) is 3.95. The van der Waals surface area contributed by atoms with E-state index in [1.165, 1.54) is 0 Å². The van der Waals surface area contributed by atoms with Gasteiger partial charge < -0.3 is 19.8 Å². The third kappa shape index (κ3) is 3.19. The van der Waals surface area contributed by atoms with E-state index < -0.39 is 0 Å². The van der Waals surface area contributed by atoms with Gasteiger partial charge in [0.1, 0.15) is 0 Å². The number of rotatable bonds is 3. The summed E-state index contributed by atoms with van der Waals surface area (Å²) in [6, 6.07) is 5.83. The molecule has 0 aliphatic carbocycles. The highest BCUT2D eigenvalue weighted by Crippen LogP contribution is 2.34. The summed E-state index contributed by atoms with van der Waals surface area (Å²) < 4.78 is 10.6. The van der Waals surface area contributed by atoms with Crippen LogP contribution in [0, 0.1) is 0 Å². The van der Waals surface area contributed by atoms with Gasteiger partial charge in [0, 0.05) is 37.4 Å². The predicted molar refractivity (Wildman–Crippen MR) is 80.0 cm³/mol. The minimum Gasteiger partial charge on any atom is -0.493 e. The fourth-order valence-corrected chi connectivity index (χ4v) is 1.85. The van der Waals surface area contributed by atoms with Crippen molar-refractivity contribution in [1.82, 2.24) is 4.98 Å². The Balaban J connectivity index is 0.00000162. The zero-order valence-corrected chi connectivity index (χ0v) is 12.2. The Morgan fingerprint density at radius 3 is 2.16 bits per heavy atom. The molecule has 19 heavy (non-hydrogen) atoms. The molecule has 0 saturated carbocycles. The van der Waals surface area contributed by atoms with Crippen LogP contribution in [0.4, 0.5) is 5.69 Å². The molecule has 0 spiro atoms. The van der Waals surface area contributed by atoms with Crippen LogP contribution >= 0.6 is 12.4 Å². The highest BCUT2D eigenvalue weighted by atomic mass is 35.5. The number of methoxy groups -OCH3 is 2. The zero-order valence-electron chi connectivity index (χ0n) is 11.4. The van der Waals surface area contributed by atoms with E-state index in [4.69, 9.17) is 9.47 Å². The van der Waals surface area contributed by atoms with Crippen LogP contribution in [0.5, 0.6) is 11.5 Å². The first-order valence-electron chi connectivity index (χ1n) is 5.35. The molecule has 0 aliphatic rings. The first kappa shape index (κ1) is 17.3. The summed E-state index contributed by atoms with van der Waals surface area (Å²) in [7, 11) is 7.27. The van der Waals surface area contributed by atoms with Crippen molar-refractivity contribution in [3.63, 3.8) is 0 Å². The van der Waals surface area contributed by atoms with E-state index in [-0.39, 0.29) is 17.9 Å². The molecule has 106 valence electrons. The van der Waals surface area contributed by atoms with Gasteiger partial charge in [-0.25, -0.2) is 0 Å². The van der Waals surface area contributed by atoms with E-state index in [1.807, 2.05) is 32.3 Å². The largest absolute Gasteiger partial charge is 0.493 e. The Hall–Kier alpha value is -1.72. The first-order chi connectivity index (χ1) is 8.17. The second kappa shape index (κ2) is 7.01. The maximum Gasteiger partial charge on any atom is 0.162 e. The van der Waals surface area contributed by atoms with Crippen molar-refractivity contribution in [2.75, 3.05) is 33.2 Å². The molecule has 2 rings (SSSR count). The summed E-state index contributed by atoms with van der Waals surface area (Å²) in [4.78, 5) is 6.40. The third-order valence-electron chi connectivity index (χ3n) is 2.71. The summed E-state index contributed by atoms with van der Waals surface area (Å²) in [6.07, 6.45) is 1.80. The molecule has 0 atom stereocenters. The van der Waals surface area contributed by atoms with E-state index >= 15 is 0 Å². The van der Waals surface area contributed by atoms with Crippen LogP contribution in [-0.4, -0.2) is 38.8 Å². The molecule has 0 amide bonds. The van der Waals surface area contributed by atoms with Crippen molar-refractivity contribution >= 4 is 29.0 Å². The summed E-state index contributed by atoms with van der Waals surface area (Å²) in [5.74, 6) is 1.42.